The number of aromatic nitrogens is 3. The van der Waals surface area contributed by atoms with E-state index >= 15 is 0 Å². The molecule has 10 heteroatoms. The number of halogens is 1. The van der Waals surface area contributed by atoms with E-state index in [1.54, 1.807) is 6.20 Å². The molecule has 0 spiro atoms. The Balaban J connectivity index is 1.42. The number of carbonyl (C=O) groups is 2. The number of rotatable bonds is 7. The van der Waals surface area contributed by atoms with E-state index in [0.29, 0.717) is 23.6 Å². The lowest BCUT2D eigenvalue weighted by atomic mass is 9.83. The number of piperidine rings is 1. The van der Waals surface area contributed by atoms with Gasteiger partial charge in [0.25, 0.3) is 5.91 Å². The van der Waals surface area contributed by atoms with Gasteiger partial charge >= 0.3 is 0 Å². The van der Waals surface area contributed by atoms with Crippen LogP contribution < -0.4 is 10.9 Å². The van der Waals surface area contributed by atoms with E-state index in [1.807, 2.05) is 27.7 Å². The van der Waals surface area contributed by atoms with E-state index in [0.717, 1.165) is 68.3 Å². The van der Waals surface area contributed by atoms with Gasteiger partial charge in [-0.3, -0.25) is 19.5 Å². The molecule has 0 unspecified atom stereocenters. The zero-order chi connectivity index (χ0) is 30.0. The Morgan fingerprint density at radius 3 is 2.40 bits per heavy atom. The summed E-state index contributed by atoms with van der Waals surface area (Å²) in [6, 6.07) is 7.71. The van der Waals surface area contributed by atoms with Gasteiger partial charge in [-0.05, 0) is 102 Å². The van der Waals surface area contributed by atoms with Gasteiger partial charge in [0.15, 0.2) is 0 Å². The molecule has 2 fully saturated rings. The van der Waals surface area contributed by atoms with E-state index in [2.05, 4.69) is 30.8 Å². The Bertz CT molecular complexity index is 1470. The molecule has 9 nitrogen and oxygen atoms in total. The van der Waals surface area contributed by atoms with Crippen molar-refractivity contribution in [3.63, 3.8) is 0 Å². The highest BCUT2D eigenvalue weighted by Crippen LogP contribution is 2.31. The molecular formula is C32H43FN6O3. The minimum absolute atomic E-state index is 0.0552. The van der Waals surface area contributed by atoms with E-state index in [4.69, 9.17) is 4.98 Å². The molecule has 3 heterocycles. The number of amides is 2. The smallest absolute Gasteiger partial charge is 0.280 e. The van der Waals surface area contributed by atoms with Crippen LogP contribution >= 0.6 is 0 Å². The first kappa shape index (κ1) is 30.1. The SMILES string of the molecule is CC(C)C(=O)N[C@H]1CC[C@@H](n2/c(=N/C(=O)c3ccc(F)cc3)[nH]c3cnc(CN4CCC(C(C)(C)O)CC4)cc32)CC1. The molecule has 2 aliphatic rings. The van der Waals surface area contributed by atoms with Gasteiger partial charge in [0.2, 0.25) is 11.5 Å². The van der Waals surface area contributed by atoms with E-state index in [9.17, 15) is 19.1 Å². The normalized spacial score (nSPS) is 21.3. The summed E-state index contributed by atoms with van der Waals surface area (Å²) in [7, 11) is 0. The number of likely N-dealkylation sites (tertiary alicyclic amines) is 1. The number of benzene rings is 1. The number of nitrogens with zero attached hydrogens (tertiary/aromatic N) is 4. The molecule has 1 saturated heterocycles. The lowest BCUT2D eigenvalue weighted by molar-refractivity contribution is -0.125. The molecule has 5 rings (SSSR count). The number of imidazole rings is 1. The van der Waals surface area contributed by atoms with Gasteiger partial charge in [-0.2, -0.15) is 4.99 Å². The number of nitrogens with one attached hydrogen (secondary N) is 2. The quantitative estimate of drug-likeness (QED) is 0.382. The summed E-state index contributed by atoms with van der Waals surface area (Å²) in [6.07, 6.45) is 7.03. The fraction of sp³-hybridized carbons (Fsp3) is 0.562. The average Bonchev–Trinajstić information content (AvgIpc) is 3.30. The molecule has 1 aliphatic carbocycles. The van der Waals surface area contributed by atoms with Gasteiger partial charge < -0.3 is 20.0 Å². The predicted octanol–water partition coefficient (Wildman–Crippen LogP) is 4.48. The number of pyridine rings is 1. The fourth-order valence-corrected chi connectivity index (χ4v) is 6.24. The number of hydrogen-bond acceptors (Lipinski definition) is 5. The van der Waals surface area contributed by atoms with Crippen molar-refractivity contribution in [3.8, 4) is 0 Å². The van der Waals surface area contributed by atoms with Crippen molar-refractivity contribution < 1.29 is 19.1 Å². The summed E-state index contributed by atoms with van der Waals surface area (Å²) in [4.78, 5) is 40.2. The van der Waals surface area contributed by atoms with Crippen molar-refractivity contribution in [1.82, 2.24) is 24.8 Å². The van der Waals surface area contributed by atoms with Gasteiger partial charge in [-0.15, -0.1) is 0 Å². The maximum Gasteiger partial charge on any atom is 0.280 e. The van der Waals surface area contributed by atoms with Crippen LogP contribution in [0.25, 0.3) is 11.0 Å². The third kappa shape index (κ3) is 6.98. The fourth-order valence-electron chi connectivity index (χ4n) is 6.24. The lowest BCUT2D eigenvalue weighted by Gasteiger charge is -2.37. The molecular weight excluding hydrogens is 535 g/mol. The molecule has 226 valence electrons. The van der Waals surface area contributed by atoms with Crippen LogP contribution in [0.15, 0.2) is 41.5 Å². The second-order valence-corrected chi connectivity index (χ2v) is 12.8. The number of aromatic amines is 1. The number of aliphatic hydroxyl groups is 1. The highest BCUT2D eigenvalue weighted by Gasteiger charge is 2.31. The molecule has 3 N–H and O–H groups in total. The second kappa shape index (κ2) is 12.5. The van der Waals surface area contributed by atoms with Crippen LogP contribution in [0.4, 0.5) is 4.39 Å². The van der Waals surface area contributed by atoms with E-state index < -0.39 is 17.3 Å². The van der Waals surface area contributed by atoms with Gasteiger partial charge in [0.05, 0.1) is 28.5 Å². The molecule has 1 aromatic carbocycles. The maximum absolute atomic E-state index is 13.5. The molecule has 0 atom stereocenters. The largest absolute Gasteiger partial charge is 0.390 e. The Hall–Kier alpha value is -3.37. The number of carbonyl (C=O) groups excluding carboxylic acids is 2. The van der Waals surface area contributed by atoms with Crippen LogP contribution in [0.2, 0.25) is 0 Å². The highest BCUT2D eigenvalue weighted by atomic mass is 19.1. The summed E-state index contributed by atoms with van der Waals surface area (Å²) in [5.74, 6) is -0.548. The van der Waals surface area contributed by atoms with Gasteiger partial charge in [-0.25, -0.2) is 4.39 Å². The van der Waals surface area contributed by atoms with Crippen LogP contribution in [0.5, 0.6) is 0 Å². The first-order valence-corrected chi connectivity index (χ1v) is 15.2. The second-order valence-electron chi connectivity index (χ2n) is 12.8. The molecule has 0 radical (unpaired) electrons. The van der Waals surface area contributed by atoms with E-state index in [-0.39, 0.29) is 23.9 Å². The van der Waals surface area contributed by atoms with Gasteiger partial charge in [-0.1, -0.05) is 13.8 Å². The summed E-state index contributed by atoms with van der Waals surface area (Å²) in [6.45, 7) is 10.1. The predicted molar refractivity (Wildman–Crippen MR) is 159 cm³/mol. The number of fused-ring (bicyclic) bond motifs is 1. The Morgan fingerprint density at radius 2 is 1.79 bits per heavy atom. The Labute approximate surface area is 246 Å². The minimum atomic E-state index is -0.665. The van der Waals surface area contributed by atoms with Crippen LogP contribution in [-0.2, 0) is 11.3 Å². The lowest BCUT2D eigenvalue weighted by Crippen LogP contribution is -2.41. The first-order valence-electron chi connectivity index (χ1n) is 15.2. The molecule has 42 heavy (non-hydrogen) atoms. The van der Waals surface area contributed by atoms with Crippen molar-refractivity contribution in [2.75, 3.05) is 13.1 Å². The van der Waals surface area contributed by atoms with Crippen LogP contribution in [-0.4, -0.2) is 61.1 Å². The molecule has 2 aromatic heterocycles. The first-order chi connectivity index (χ1) is 20.0. The zero-order valence-electron chi connectivity index (χ0n) is 25.1. The topological polar surface area (TPSA) is 116 Å². The Kier molecular flexibility index (Phi) is 8.94. The standard InChI is InChI=1S/C32H43FN6O3/c1-20(2)29(40)35-24-9-11-26(12-10-24)39-28-17-25(19-38-15-13-22(14-16-38)32(3,4)42)34-18-27(28)36-31(39)37-30(41)21-5-7-23(33)8-6-21/h5-8,17-18,20,22,24,26,42H,9-16,19H2,1-4H3,(H,35,40)(H,36,37,41)/t24-,26+. The van der Waals surface area contributed by atoms with Gasteiger partial charge in [0.1, 0.15) is 5.82 Å². The van der Waals surface area contributed by atoms with Crippen molar-refractivity contribution in [3.05, 3.63) is 59.2 Å². The third-order valence-corrected chi connectivity index (χ3v) is 8.88. The van der Waals surface area contributed by atoms with Crippen LogP contribution in [0, 0.1) is 17.7 Å². The minimum Gasteiger partial charge on any atom is -0.390 e. The average molecular weight is 579 g/mol. The third-order valence-electron chi connectivity index (χ3n) is 8.88. The summed E-state index contributed by atoms with van der Waals surface area (Å²) in [5.41, 5.74) is 2.76. The molecule has 1 saturated carbocycles. The molecule has 2 amide bonds. The monoisotopic (exact) mass is 578 g/mol. The van der Waals surface area contributed by atoms with Crippen molar-refractivity contribution in [1.29, 1.82) is 0 Å². The highest BCUT2D eigenvalue weighted by molar-refractivity contribution is 5.94. The van der Waals surface area contributed by atoms with Crippen molar-refractivity contribution in [2.24, 2.45) is 16.8 Å². The number of H-pyrrole nitrogens is 1. The van der Waals surface area contributed by atoms with Crippen LogP contribution in [0.3, 0.4) is 0 Å². The summed E-state index contributed by atoms with van der Waals surface area (Å²) in [5, 5.41) is 13.6. The molecule has 3 aromatic rings. The zero-order valence-corrected chi connectivity index (χ0v) is 25.1. The van der Waals surface area contributed by atoms with Gasteiger partial charge in [0, 0.05) is 30.1 Å². The maximum atomic E-state index is 13.5. The van der Waals surface area contributed by atoms with E-state index in [1.165, 1.54) is 24.3 Å². The summed E-state index contributed by atoms with van der Waals surface area (Å²) < 4.78 is 15.6. The van der Waals surface area contributed by atoms with Crippen molar-refractivity contribution >= 4 is 22.8 Å². The molecule has 1 aliphatic heterocycles. The van der Waals surface area contributed by atoms with Crippen molar-refractivity contribution in [2.45, 2.75) is 90.4 Å². The Morgan fingerprint density at radius 1 is 1.12 bits per heavy atom. The number of hydrogen-bond donors (Lipinski definition) is 3. The van der Waals surface area contributed by atoms with Crippen LogP contribution in [0.1, 0.15) is 88.3 Å². The molecule has 0 bridgehead atoms. The summed E-state index contributed by atoms with van der Waals surface area (Å²) >= 11 is 0.